The van der Waals surface area contributed by atoms with Crippen molar-refractivity contribution in [3.63, 3.8) is 0 Å². The normalized spacial score (nSPS) is 11.6. The molecule has 0 fully saturated rings. The minimum atomic E-state index is -3.31. The summed E-state index contributed by atoms with van der Waals surface area (Å²) in [5, 5.41) is 1.46. The van der Waals surface area contributed by atoms with Crippen molar-refractivity contribution in [1.82, 2.24) is 4.98 Å². The zero-order chi connectivity index (χ0) is 21.5. The fourth-order valence-corrected chi connectivity index (χ4v) is 4.25. The van der Waals surface area contributed by atoms with Crippen LogP contribution in [0.15, 0.2) is 71.6 Å². The zero-order valence-electron chi connectivity index (χ0n) is 16.3. The molecule has 7 heteroatoms. The summed E-state index contributed by atoms with van der Waals surface area (Å²) in [5.74, 6) is 0.0114. The molecule has 0 amide bonds. The second kappa shape index (κ2) is 7.63. The third kappa shape index (κ3) is 3.84. The number of rotatable bonds is 4. The number of aromatic amines is 1. The first kappa shape index (κ1) is 20.2. The van der Waals surface area contributed by atoms with Crippen LogP contribution >= 0.6 is 11.6 Å². The molecule has 0 unspecified atom stereocenters. The van der Waals surface area contributed by atoms with E-state index in [-0.39, 0.29) is 4.90 Å². The number of hydrogen-bond donors (Lipinski definition) is 1. The molecule has 0 aliphatic heterocycles. The molecule has 3 aromatic carbocycles. The lowest BCUT2D eigenvalue weighted by Crippen LogP contribution is -2.02. The van der Waals surface area contributed by atoms with Gasteiger partial charge in [-0.25, -0.2) is 8.42 Å². The third-order valence-electron chi connectivity index (χ3n) is 4.74. The highest BCUT2D eigenvalue weighted by Crippen LogP contribution is 2.42. The van der Waals surface area contributed by atoms with E-state index in [2.05, 4.69) is 4.98 Å². The van der Waals surface area contributed by atoms with Crippen LogP contribution in [0.1, 0.15) is 6.92 Å². The molecular formula is C23H18ClNO4S. The van der Waals surface area contributed by atoms with Crippen molar-refractivity contribution in [2.75, 3.05) is 6.26 Å². The number of aromatic nitrogens is 1. The number of hydrogen-bond acceptors (Lipinski definition) is 4. The first-order chi connectivity index (χ1) is 14.2. The number of nitrogens with one attached hydrogen (secondary N) is 1. The topological polar surface area (TPSA) is 76.2 Å². The summed E-state index contributed by atoms with van der Waals surface area (Å²) in [4.78, 5) is 15.2. The van der Waals surface area contributed by atoms with Gasteiger partial charge in [-0.2, -0.15) is 0 Å². The van der Waals surface area contributed by atoms with Crippen molar-refractivity contribution in [3.8, 4) is 28.1 Å². The number of fused-ring (bicyclic) bond motifs is 1. The van der Waals surface area contributed by atoms with Gasteiger partial charge >= 0.3 is 5.97 Å². The van der Waals surface area contributed by atoms with Crippen LogP contribution in [0.2, 0.25) is 5.02 Å². The molecule has 0 saturated carbocycles. The van der Waals surface area contributed by atoms with Crippen LogP contribution in [-0.4, -0.2) is 25.6 Å². The highest BCUT2D eigenvalue weighted by Gasteiger charge is 2.19. The maximum absolute atomic E-state index is 11.9. The zero-order valence-corrected chi connectivity index (χ0v) is 17.8. The number of H-pyrrole nitrogens is 1. The fourth-order valence-electron chi connectivity index (χ4n) is 3.45. The van der Waals surface area contributed by atoms with E-state index in [4.69, 9.17) is 16.3 Å². The summed E-state index contributed by atoms with van der Waals surface area (Å²) in [6.07, 6.45) is 1.17. The van der Waals surface area contributed by atoms with Gasteiger partial charge in [-0.3, -0.25) is 4.79 Å². The summed E-state index contributed by atoms with van der Waals surface area (Å²) in [6.45, 7) is 1.35. The highest BCUT2D eigenvalue weighted by molar-refractivity contribution is 7.90. The Kier molecular flexibility index (Phi) is 5.13. The minimum absolute atomic E-state index is 0.242. The second-order valence-corrected chi connectivity index (χ2v) is 9.40. The van der Waals surface area contributed by atoms with E-state index in [0.29, 0.717) is 16.3 Å². The van der Waals surface area contributed by atoms with Crippen LogP contribution in [0, 0.1) is 0 Å². The Morgan fingerprint density at radius 1 is 1.00 bits per heavy atom. The molecule has 4 rings (SSSR count). The van der Waals surface area contributed by atoms with Gasteiger partial charge in [0, 0.05) is 40.2 Å². The monoisotopic (exact) mass is 439 g/mol. The summed E-state index contributed by atoms with van der Waals surface area (Å²) in [7, 11) is -3.31. The van der Waals surface area contributed by atoms with Gasteiger partial charge in [0.25, 0.3) is 0 Å². The number of ether oxygens (including phenoxy) is 1. The fraction of sp³-hybridized carbons (Fsp3) is 0.0870. The highest BCUT2D eigenvalue weighted by atomic mass is 35.5. The van der Waals surface area contributed by atoms with Crippen molar-refractivity contribution in [3.05, 3.63) is 71.8 Å². The Morgan fingerprint density at radius 3 is 2.37 bits per heavy atom. The molecule has 0 atom stereocenters. The predicted octanol–water partition coefficient (Wildman–Crippen LogP) is 5.48. The van der Waals surface area contributed by atoms with Crippen LogP contribution in [0.5, 0.6) is 5.75 Å². The average Bonchev–Trinajstić information content (AvgIpc) is 3.05. The third-order valence-corrected chi connectivity index (χ3v) is 6.11. The van der Waals surface area contributed by atoms with Gasteiger partial charge in [-0.1, -0.05) is 35.9 Å². The van der Waals surface area contributed by atoms with Gasteiger partial charge < -0.3 is 9.72 Å². The van der Waals surface area contributed by atoms with Gasteiger partial charge in [0.1, 0.15) is 5.75 Å². The van der Waals surface area contributed by atoms with E-state index >= 15 is 0 Å². The molecule has 30 heavy (non-hydrogen) atoms. The molecular weight excluding hydrogens is 422 g/mol. The quantitative estimate of drug-likeness (QED) is 0.337. The van der Waals surface area contributed by atoms with Crippen molar-refractivity contribution < 1.29 is 17.9 Å². The molecule has 1 N–H and O–H groups in total. The minimum Gasteiger partial charge on any atom is -0.426 e. The number of para-hydroxylation sites is 1. The standard InChI is InChI=1S/C23H18ClNO4S/c1-14(26)29-21-6-4-3-5-18(21)23-22(19-13-16(24)9-12-20(19)25-23)15-7-10-17(11-8-15)30(2,27)28/h3-13,25H,1-2H3. The molecule has 0 saturated heterocycles. The van der Waals surface area contributed by atoms with Crippen molar-refractivity contribution in [2.45, 2.75) is 11.8 Å². The maximum atomic E-state index is 11.9. The largest absolute Gasteiger partial charge is 0.426 e. The first-order valence-electron chi connectivity index (χ1n) is 9.13. The van der Waals surface area contributed by atoms with Crippen LogP contribution in [-0.2, 0) is 14.6 Å². The molecule has 152 valence electrons. The van der Waals surface area contributed by atoms with Crippen LogP contribution in [0.3, 0.4) is 0 Å². The van der Waals surface area contributed by atoms with Crippen molar-refractivity contribution >= 4 is 38.3 Å². The lowest BCUT2D eigenvalue weighted by molar-refractivity contribution is -0.131. The summed E-state index contributed by atoms with van der Waals surface area (Å²) >= 11 is 6.26. The SMILES string of the molecule is CC(=O)Oc1ccccc1-c1[nH]c2ccc(Cl)cc2c1-c1ccc(S(C)(=O)=O)cc1. The van der Waals surface area contributed by atoms with Crippen molar-refractivity contribution in [2.24, 2.45) is 0 Å². The number of benzene rings is 3. The average molecular weight is 440 g/mol. The molecule has 1 aromatic heterocycles. The Balaban J connectivity index is 2.00. The molecule has 4 aromatic rings. The molecule has 5 nitrogen and oxygen atoms in total. The van der Waals surface area contributed by atoms with Crippen LogP contribution in [0.25, 0.3) is 33.3 Å². The predicted molar refractivity (Wildman–Crippen MR) is 119 cm³/mol. The Hall–Kier alpha value is -3.09. The van der Waals surface area contributed by atoms with Crippen molar-refractivity contribution in [1.29, 1.82) is 0 Å². The van der Waals surface area contributed by atoms with E-state index in [0.717, 1.165) is 27.7 Å². The molecule has 0 aliphatic carbocycles. The molecule has 0 aliphatic rings. The number of sulfone groups is 1. The summed E-state index contributed by atoms with van der Waals surface area (Å²) < 4.78 is 29.1. The van der Waals surface area contributed by atoms with Gasteiger partial charge in [0.05, 0.1) is 10.6 Å². The second-order valence-electron chi connectivity index (χ2n) is 6.95. The van der Waals surface area contributed by atoms with Gasteiger partial charge in [-0.15, -0.1) is 0 Å². The molecule has 0 radical (unpaired) electrons. The van der Waals surface area contributed by atoms with Gasteiger partial charge in [0.2, 0.25) is 0 Å². The lowest BCUT2D eigenvalue weighted by atomic mass is 9.98. The molecule has 1 heterocycles. The van der Waals surface area contributed by atoms with E-state index < -0.39 is 15.8 Å². The van der Waals surface area contributed by atoms with E-state index in [1.54, 1.807) is 42.5 Å². The lowest BCUT2D eigenvalue weighted by Gasteiger charge is -2.11. The maximum Gasteiger partial charge on any atom is 0.308 e. The number of halogens is 1. The Bertz CT molecular complexity index is 1370. The Labute approximate surface area is 179 Å². The first-order valence-corrected chi connectivity index (χ1v) is 11.4. The van der Waals surface area contributed by atoms with Gasteiger partial charge in [-0.05, 0) is 48.0 Å². The smallest absolute Gasteiger partial charge is 0.308 e. The molecule has 0 spiro atoms. The summed E-state index contributed by atoms with van der Waals surface area (Å²) in [6, 6.07) is 19.4. The summed E-state index contributed by atoms with van der Waals surface area (Å²) in [5.41, 5.74) is 3.96. The van der Waals surface area contributed by atoms with E-state index in [1.165, 1.54) is 13.2 Å². The number of carbonyl (C=O) groups excluding carboxylic acids is 1. The van der Waals surface area contributed by atoms with Crippen LogP contribution < -0.4 is 4.74 Å². The van der Waals surface area contributed by atoms with E-state index in [1.807, 2.05) is 24.3 Å². The van der Waals surface area contributed by atoms with Crippen LogP contribution in [0.4, 0.5) is 0 Å². The number of esters is 1. The number of carbonyl (C=O) groups is 1. The molecule has 0 bridgehead atoms. The van der Waals surface area contributed by atoms with E-state index in [9.17, 15) is 13.2 Å². The Morgan fingerprint density at radius 2 is 1.70 bits per heavy atom. The van der Waals surface area contributed by atoms with Gasteiger partial charge in [0.15, 0.2) is 9.84 Å².